The Morgan fingerprint density at radius 3 is 2.15 bits per heavy atom. The highest BCUT2D eigenvalue weighted by atomic mass is 32.1. The van der Waals surface area contributed by atoms with Gasteiger partial charge in [0, 0.05) is 31.7 Å². The number of nitrogens with one attached hydrogen (secondary N) is 2. The Morgan fingerprint density at radius 2 is 1.59 bits per heavy atom. The van der Waals surface area contributed by atoms with Gasteiger partial charge in [-0.1, -0.05) is 62.7 Å². The highest BCUT2D eigenvalue weighted by Crippen LogP contribution is 2.32. The summed E-state index contributed by atoms with van der Waals surface area (Å²) in [6.07, 6.45) is 2.13. The van der Waals surface area contributed by atoms with Crippen molar-refractivity contribution in [3.8, 4) is 10.6 Å². The number of benzene rings is 2. The van der Waals surface area contributed by atoms with Crippen LogP contribution >= 0.6 is 11.3 Å². The summed E-state index contributed by atoms with van der Waals surface area (Å²) in [5, 5.41) is 9.72. The predicted octanol–water partition coefficient (Wildman–Crippen LogP) is 4.68. The second kappa shape index (κ2) is 11.6. The molecule has 1 aliphatic rings. The molecule has 1 aliphatic heterocycles. The van der Waals surface area contributed by atoms with Crippen LogP contribution in [-0.4, -0.2) is 37.4 Å². The first-order chi connectivity index (χ1) is 13.2. The standard InChI is InChI=1S/C15H11NOS.C4H10N2.C3H8/c1-10-14(9-17)18-15(16-10)13-8-4-6-11-5-2-3-7-12(11)13;1-2-6-4-3-5-1;1-3-2/h2-9H,1H3;5-6H,1-4H2;3H2,1-2H3. The van der Waals surface area contributed by atoms with Crippen molar-refractivity contribution in [2.24, 2.45) is 0 Å². The number of piperazine rings is 1. The second-order valence-electron chi connectivity index (χ2n) is 6.32. The van der Waals surface area contributed by atoms with Crippen molar-refractivity contribution >= 4 is 28.4 Å². The van der Waals surface area contributed by atoms with Gasteiger partial charge in [0.25, 0.3) is 0 Å². The van der Waals surface area contributed by atoms with Crippen LogP contribution in [-0.2, 0) is 0 Å². The number of aryl methyl sites for hydroxylation is 1. The topological polar surface area (TPSA) is 54.0 Å². The minimum atomic E-state index is 0.706. The molecule has 3 aromatic rings. The molecular weight excluding hydrogens is 354 g/mol. The van der Waals surface area contributed by atoms with Gasteiger partial charge >= 0.3 is 0 Å². The minimum Gasteiger partial charge on any atom is -0.314 e. The molecule has 0 spiro atoms. The molecule has 0 radical (unpaired) electrons. The summed E-state index contributed by atoms with van der Waals surface area (Å²) in [6, 6.07) is 14.4. The molecule has 0 bridgehead atoms. The van der Waals surface area contributed by atoms with Crippen LogP contribution in [0.3, 0.4) is 0 Å². The van der Waals surface area contributed by atoms with Crippen LogP contribution < -0.4 is 10.6 Å². The Labute approximate surface area is 166 Å². The lowest BCUT2D eigenvalue weighted by Gasteiger charge is -2.11. The molecule has 0 atom stereocenters. The maximum absolute atomic E-state index is 10.9. The van der Waals surface area contributed by atoms with Gasteiger partial charge in [-0.3, -0.25) is 4.79 Å². The number of aromatic nitrogens is 1. The van der Waals surface area contributed by atoms with Gasteiger partial charge < -0.3 is 10.6 Å². The van der Waals surface area contributed by atoms with Gasteiger partial charge in [0.15, 0.2) is 6.29 Å². The van der Waals surface area contributed by atoms with Crippen molar-refractivity contribution in [1.82, 2.24) is 15.6 Å². The molecule has 0 aliphatic carbocycles. The third-order valence-electron chi connectivity index (χ3n) is 3.92. The van der Waals surface area contributed by atoms with E-state index in [-0.39, 0.29) is 0 Å². The lowest BCUT2D eigenvalue weighted by molar-refractivity contribution is 0.112. The van der Waals surface area contributed by atoms with Crippen LogP contribution in [0.5, 0.6) is 0 Å². The van der Waals surface area contributed by atoms with E-state index in [0.717, 1.165) is 48.7 Å². The fourth-order valence-corrected chi connectivity index (χ4v) is 3.57. The first-order valence-electron chi connectivity index (χ1n) is 9.53. The fraction of sp³-hybridized carbons (Fsp3) is 0.364. The number of aldehydes is 1. The van der Waals surface area contributed by atoms with E-state index in [0.29, 0.717) is 4.88 Å². The lowest BCUT2D eigenvalue weighted by Crippen LogP contribution is -2.39. The largest absolute Gasteiger partial charge is 0.314 e. The summed E-state index contributed by atoms with van der Waals surface area (Å²) < 4.78 is 0. The smallest absolute Gasteiger partial charge is 0.161 e. The molecule has 2 aromatic carbocycles. The molecule has 1 fully saturated rings. The number of thiazole rings is 1. The zero-order chi connectivity index (χ0) is 19.5. The molecule has 2 heterocycles. The number of fused-ring (bicyclic) bond motifs is 1. The van der Waals surface area contributed by atoms with Crippen molar-refractivity contribution in [3.63, 3.8) is 0 Å². The van der Waals surface area contributed by atoms with E-state index in [9.17, 15) is 4.79 Å². The molecule has 4 nitrogen and oxygen atoms in total. The monoisotopic (exact) mass is 383 g/mol. The maximum Gasteiger partial charge on any atom is 0.161 e. The van der Waals surface area contributed by atoms with E-state index in [1.165, 1.54) is 28.5 Å². The third kappa shape index (κ3) is 6.24. The number of nitrogens with zero attached hydrogens (tertiary/aromatic N) is 1. The summed E-state index contributed by atoms with van der Waals surface area (Å²) in [4.78, 5) is 16.1. The highest BCUT2D eigenvalue weighted by molar-refractivity contribution is 7.16. The van der Waals surface area contributed by atoms with Gasteiger partial charge in [-0.05, 0) is 17.7 Å². The van der Waals surface area contributed by atoms with E-state index in [1.807, 2.05) is 25.1 Å². The predicted molar refractivity (Wildman–Crippen MR) is 117 cm³/mol. The first kappa shape index (κ1) is 21.2. The van der Waals surface area contributed by atoms with E-state index < -0.39 is 0 Å². The molecular formula is C22H29N3OS. The summed E-state index contributed by atoms with van der Waals surface area (Å²) in [6.45, 7) is 10.7. The maximum atomic E-state index is 10.9. The molecule has 2 N–H and O–H groups in total. The van der Waals surface area contributed by atoms with E-state index in [4.69, 9.17) is 0 Å². The minimum absolute atomic E-state index is 0.706. The van der Waals surface area contributed by atoms with Crippen molar-refractivity contribution < 1.29 is 4.79 Å². The third-order valence-corrected chi connectivity index (χ3v) is 5.03. The van der Waals surface area contributed by atoms with Gasteiger partial charge in [0.1, 0.15) is 5.01 Å². The Morgan fingerprint density at radius 1 is 1.00 bits per heavy atom. The van der Waals surface area contributed by atoms with Crippen LogP contribution in [0, 0.1) is 6.92 Å². The quantitative estimate of drug-likeness (QED) is 0.631. The summed E-state index contributed by atoms with van der Waals surface area (Å²) in [5.41, 5.74) is 1.90. The molecule has 1 saturated heterocycles. The van der Waals surface area contributed by atoms with Crippen molar-refractivity contribution in [3.05, 3.63) is 53.0 Å². The zero-order valence-corrected chi connectivity index (χ0v) is 17.2. The van der Waals surface area contributed by atoms with Crippen LogP contribution in [0.1, 0.15) is 35.6 Å². The zero-order valence-electron chi connectivity index (χ0n) is 16.4. The average Bonchev–Trinajstić information content (AvgIpc) is 3.10. The van der Waals surface area contributed by atoms with Crippen LogP contribution in [0.25, 0.3) is 21.3 Å². The summed E-state index contributed by atoms with van der Waals surface area (Å²) in [7, 11) is 0. The normalized spacial score (nSPS) is 13.1. The van der Waals surface area contributed by atoms with Gasteiger partial charge in [0.2, 0.25) is 0 Å². The van der Waals surface area contributed by atoms with Gasteiger partial charge in [-0.25, -0.2) is 4.98 Å². The average molecular weight is 384 g/mol. The Hall–Kier alpha value is -2.08. The van der Waals surface area contributed by atoms with Gasteiger partial charge in [-0.15, -0.1) is 11.3 Å². The number of hydrogen-bond acceptors (Lipinski definition) is 5. The Kier molecular flexibility index (Phi) is 9.11. The van der Waals surface area contributed by atoms with Gasteiger partial charge in [0.05, 0.1) is 10.6 Å². The number of carbonyl (C=O) groups is 1. The van der Waals surface area contributed by atoms with Gasteiger partial charge in [-0.2, -0.15) is 0 Å². The van der Waals surface area contributed by atoms with Crippen molar-refractivity contribution in [2.45, 2.75) is 27.2 Å². The lowest BCUT2D eigenvalue weighted by atomic mass is 10.1. The fourth-order valence-electron chi connectivity index (χ4n) is 2.65. The van der Waals surface area contributed by atoms with E-state index >= 15 is 0 Å². The molecule has 0 amide bonds. The van der Waals surface area contributed by atoms with Crippen LogP contribution in [0.15, 0.2) is 42.5 Å². The molecule has 4 rings (SSSR count). The number of carbonyl (C=O) groups excluding carboxylic acids is 1. The Balaban J connectivity index is 0.000000242. The van der Waals surface area contributed by atoms with E-state index in [2.05, 4.69) is 53.7 Å². The molecule has 0 saturated carbocycles. The van der Waals surface area contributed by atoms with E-state index in [1.54, 1.807) is 0 Å². The Bertz CT molecular complexity index is 824. The SMILES string of the molecule is C1CNCCN1.CCC.Cc1nc(-c2cccc3ccccc23)sc1C=O. The molecule has 27 heavy (non-hydrogen) atoms. The van der Waals surface area contributed by atoms with Crippen molar-refractivity contribution in [2.75, 3.05) is 26.2 Å². The first-order valence-corrected chi connectivity index (χ1v) is 10.3. The molecule has 144 valence electrons. The highest BCUT2D eigenvalue weighted by Gasteiger charge is 2.10. The van der Waals surface area contributed by atoms with Crippen LogP contribution in [0.4, 0.5) is 0 Å². The number of rotatable bonds is 2. The summed E-state index contributed by atoms with van der Waals surface area (Å²) >= 11 is 1.45. The molecule has 5 heteroatoms. The second-order valence-corrected chi connectivity index (χ2v) is 7.35. The van der Waals surface area contributed by atoms with Crippen molar-refractivity contribution in [1.29, 1.82) is 0 Å². The molecule has 0 unspecified atom stereocenters. The number of hydrogen-bond donors (Lipinski definition) is 2. The van der Waals surface area contributed by atoms with Crippen LogP contribution in [0.2, 0.25) is 0 Å². The molecule has 1 aromatic heterocycles. The summed E-state index contributed by atoms with van der Waals surface area (Å²) in [5.74, 6) is 0.